The summed E-state index contributed by atoms with van der Waals surface area (Å²) in [5, 5.41) is 2.47. The van der Waals surface area contributed by atoms with E-state index < -0.39 is 0 Å². The lowest BCUT2D eigenvalue weighted by Crippen LogP contribution is -2.55. The van der Waals surface area contributed by atoms with Crippen LogP contribution in [-0.4, -0.2) is 25.0 Å². The molecule has 0 aromatic rings. The van der Waals surface area contributed by atoms with Crippen LogP contribution in [0, 0.1) is 17.3 Å². The van der Waals surface area contributed by atoms with E-state index in [9.17, 15) is 9.59 Å². The molecule has 2 atom stereocenters. The summed E-state index contributed by atoms with van der Waals surface area (Å²) in [6, 6.07) is 0. The van der Waals surface area contributed by atoms with Crippen LogP contribution in [0.4, 0.5) is 0 Å². The maximum Gasteiger partial charge on any atom is 0.230 e. The molecule has 0 saturated carbocycles. The van der Waals surface area contributed by atoms with Crippen molar-refractivity contribution in [2.45, 2.75) is 39.5 Å². The summed E-state index contributed by atoms with van der Waals surface area (Å²) in [5.41, 5.74) is -0.234. The van der Waals surface area contributed by atoms with Gasteiger partial charge >= 0.3 is 0 Å². The second-order valence-electron chi connectivity index (χ2n) is 5.79. The largest absolute Gasteiger partial charge is 0.381 e. The standard InChI is InChI=1S/C13H21NO3/c1-9(2)6-10-12(16)14-11(15)7-13(10)4-3-5-17-8-13/h9-10H,3-8H2,1-2H3,(H,14,15,16). The monoisotopic (exact) mass is 239 g/mol. The lowest BCUT2D eigenvalue weighted by Gasteiger charge is -2.45. The smallest absolute Gasteiger partial charge is 0.230 e. The predicted octanol–water partition coefficient (Wildman–Crippen LogP) is 1.49. The molecule has 2 rings (SSSR count). The van der Waals surface area contributed by atoms with Crippen LogP contribution in [0.2, 0.25) is 0 Å². The van der Waals surface area contributed by atoms with Crippen LogP contribution in [0.25, 0.3) is 0 Å². The van der Waals surface area contributed by atoms with Crippen LogP contribution in [0.15, 0.2) is 0 Å². The molecule has 2 heterocycles. The molecule has 2 fully saturated rings. The van der Waals surface area contributed by atoms with Gasteiger partial charge in [0.25, 0.3) is 0 Å². The van der Waals surface area contributed by atoms with E-state index in [1.807, 2.05) is 0 Å². The zero-order valence-electron chi connectivity index (χ0n) is 10.6. The Morgan fingerprint density at radius 3 is 2.82 bits per heavy atom. The third kappa shape index (κ3) is 2.51. The predicted molar refractivity (Wildman–Crippen MR) is 63.2 cm³/mol. The highest BCUT2D eigenvalue weighted by atomic mass is 16.5. The quantitative estimate of drug-likeness (QED) is 0.743. The number of piperidine rings is 1. The molecule has 1 N–H and O–H groups in total. The van der Waals surface area contributed by atoms with Crippen molar-refractivity contribution < 1.29 is 14.3 Å². The van der Waals surface area contributed by atoms with Gasteiger partial charge in [-0.2, -0.15) is 0 Å². The third-order valence-electron chi connectivity index (χ3n) is 3.89. The molecule has 0 bridgehead atoms. The molecule has 0 aromatic carbocycles. The minimum absolute atomic E-state index is 0.0690. The molecule has 0 aliphatic carbocycles. The average molecular weight is 239 g/mol. The highest BCUT2D eigenvalue weighted by Gasteiger charge is 2.49. The number of carbonyl (C=O) groups is 2. The van der Waals surface area contributed by atoms with Crippen molar-refractivity contribution in [1.29, 1.82) is 0 Å². The molecule has 17 heavy (non-hydrogen) atoms. The number of imide groups is 1. The van der Waals surface area contributed by atoms with Gasteiger partial charge in [-0.05, 0) is 25.2 Å². The molecule has 2 saturated heterocycles. The Hall–Kier alpha value is -0.900. The van der Waals surface area contributed by atoms with Crippen molar-refractivity contribution in [3.63, 3.8) is 0 Å². The van der Waals surface area contributed by atoms with E-state index in [0.717, 1.165) is 25.9 Å². The van der Waals surface area contributed by atoms with Gasteiger partial charge in [0.05, 0.1) is 6.61 Å². The van der Waals surface area contributed by atoms with Crippen LogP contribution in [0.3, 0.4) is 0 Å². The number of hydrogen-bond acceptors (Lipinski definition) is 3. The topological polar surface area (TPSA) is 55.4 Å². The normalized spacial score (nSPS) is 34.2. The van der Waals surface area contributed by atoms with Crippen LogP contribution >= 0.6 is 0 Å². The van der Waals surface area contributed by atoms with Crippen molar-refractivity contribution in [3.8, 4) is 0 Å². The van der Waals surface area contributed by atoms with Gasteiger partial charge in [-0.3, -0.25) is 14.9 Å². The first-order chi connectivity index (χ1) is 8.03. The summed E-state index contributed by atoms with van der Waals surface area (Å²) in [6.07, 6.45) is 3.16. The minimum Gasteiger partial charge on any atom is -0.381 e. The summed E-state index contributed by atoms with van der Waals surface area (Å²) in [5.74, 6) is 0.152. The highest BCUT2D eigenvalue weighted by molar-refractivity contribution is 5.99. The van der Waals surface area contributed by atoms with E-state index in [4.69, 9.17) is 4.74 Å². The van der Waals surface area contributed by atoms with Crippen molar-refractivity contribution in [1.82, 2.24) is 5.32 Å². The fourth-order valence-electron chi connectivity index (χ4n) is 3.11. The van der Waals surface area contributed by atoms with Crippen LogP contribution in [0.5, 0.6) is 0 Å². The van der Waals surface area contributed by atoms with E-state index in [2.05, 4.69) is 19.2 Å². The van der Waals surface area contributed by atoms with E-state index in [0.29, 0.717) is 18.9 Å². The molecule has 2 unspecified atom stereocenters. The maximum absolute atomic E-state index is 12.0. The summed E-state index contributed by atoms with van der Waals surface area (Å²) in [4.78, 5) is 23.6. The molecular formula is C13H21NO3. The molecule has 4 heteroatoms. The maximum atomic E-state index is 12.0. The van der Waals surface area contributed by atoms with E-state index in [-0.39, 0.29) is 23.1 Å². The van der Waals surface area contributed by atoms with Gasteiger partial charge in [-0.1, -0.05) is 13.8 Å². The lowest BCUT2D eigenvalue weighted by atomic mass is 9.64. The number of rotatable bonds is 2. The number of ether oxygens (including phenoxy) is 1. The molecule has 2 aliphatic heterocycles. The molecule has 0 aromatic heterocycles. The van der Waals surface area contributed by atoms with E-state index >= 15 is 0 Å². The molecule has 4 nitrogen and oxygen atoms in total. The van der Waals surface area contributed by atoms with Gasteiger partial charge in [0.15, 0.2) is 0 Å². The summed E-state index contributed by atoms with van der Waals surface area (Å²) < 4.78 is 5.54. The Kier molecular flexibility index (Phi) is 3.52. The van der Waals surface area contributed by atoms with Crippen LogP contribution < -0.4 is 5.32 Å². The Labute approximate surface area is 102 Å². The number of hydrogen-bond donors (Lipinski definition) is 1. The molecule has 1 spiro atoms. The second kappa shape index (κ2) is 4.77. The first-order valence-electron chi connectivity index (χ1n) is 6.45. The Bertz CT molecular complexity index is 319. The fraction of sp³-hybridized carbons (Fsp3) is 0.846. The zero-order chi connectivity index (χ0) is 12.5. The third-order valence-corrected chi connectivity index (χ3v) is 3.89. The average Bonchev–Trinajstić information content (AvgIpc) is 2.24. The first kappa shape index (κ1) is 12.6. The Morgan fingerprint density at radius 1 is 1.47 bits per heavy atom. The van der Waals surface area contributed by atoms with Crippen LogP contribution in [-0.2, 0) is 14.3 Å². The first-order valence-corrected chi connectivity index (χ1v) is 6.45. The number of amides is 2. The lowest BCUT2D eigenvalue weighted by molar-refractivity contribution is -0.152. The highest BCUT2D eigenvalue weighted by Crippen LogP contribution is 2.44. The molecular weight excluding hydrogens is 218 g/mol. The van der Waals surface area contributed by atoms with Gasteiger partial charge in [0.1, 0.15) is 0 Å². The van der Waals surface area contributed by atoms with Gasteiger partial charge in [-0.15, -0.1) is 0 Å². The Balaban J connectivity index is 2.22. The summed E-state index contributed by atoms with van der Waals surface area (Å²) in [7, 11) is 0. The van der Waals surface area contributed by atoms with Crippen LogP contribution in [0.1, 0.15) is 39.5 Å². The van der Waals surface area contributed by atoms with Crippen molar-refractivity contribution in [2.75, 3.05) is 13.2 Å². The fourth-order valence-corrected chi connectivity index (χ4v) is 3.11. The number of nitrogens with one attached hydrogen (secondary N) is 1. The van der Waals surface area contributed by atoms with E-state index in [1.54, 1.807) is 0 Å². The van der Waals surface area contributed by atoms with Crippen molar-refractivity contribution in [3.05, 3.63) is 0 Å². The molecule has 2 aliphatic rings. The molecule has 0 radical (unpaired) electrons. The summed E-state index contributed by atoms with van der Waals surface area (Å²) in [6.45, 7) is 5.54. The number of carbonyl (C=O) groups excluding carboxylic acids is 2. The SMILES string of the molecule is CC(C)CC1C(=O)NC(=O)CC12CCCOC2. The van der Waals surface area contributed by atoms with Crippen molar-refractivity contribution in [2.24, 2.45) is 17.3 Å². The minimum atomic E-state index is -0.234. The molecule has 2 amide bonds. The molecule has 96 valence electrons. The van der Waals surface area contributed by atoms with E-state index in [1.165, 1.54) is 0 Å². The zero-order valence-corrected chi connectivity index (χ0v) is 10.6. The van der Waals surface area contributed by atoms with Gasteiger partial charge in [-0.25, -0.2) is 0 Å². The summed E-state index contributed by atoms with van der Waals surface area (Å²) >= 11 is 0. The van der Waals surface area contributed by atoms with Crippen molar-refractivity contribution >= 4 is 11.8 Å². The van der Waals surface area contributed by atoms with Gasteiger partial charge in [0, 0.05) is 24.4 Å². The van der Waals surface area contributed by atoms with Gasteiger partial charge in [0.2, 0.25) is 11.8 Å². The second-order valence-corrected chi connectivity index (χ2v) is 5.79. The Morgan fingerprint density at radius 2 is 2.24 bits per heavy atom. The van der Waals surface area contributed by atoms with Gasteiger partial charge < -0.3 is 4.74 Å².